The van der Waals surface area contributed by atoms with Crippen LogP contribution in [0.2, 0.25) is 0 Å². The Bertz CT molecular complexity index is 661. The van der Waals surface area contributed by atoms with E-state index in [1.807, 2.05) is 0 Å². The van der Waals surface area contributed by atoms with E-state index in [9.17, 15) is 23.6 Å². The van der Waals surface area contributed by atoms with Gasteiger partial charge in [0.15, 0.2) is 0 Å². The molecular weight excluding hydrogens is 298 g/mol. The molecule has 0 radical (unpaired) electrons. The molecule has 116 valence electrons. The summed E-state index contributed by atoms with van der Waals surface area (Å²) in [6.07, 6.45) is -0.186. The maximum atomic E-state index is 12.5. The predicted molar refractivity (Wildman–Crippen MR) is 76.1 cm³/mol. The maximum absolute atomic E-state index is 12.5. The minimum atomic E-state index is -3.83. The Hall–Kier alpha value is -1.71. The molecule has 1 aromatic rings. The van der Waals surface area contributed by atoms with Crippen molar-refractivity contribution < 1.29 is 18.4 Å². The van der Waals surface area contributed by atoms with Gasteiger partial charge in [-0.25, -0.2) is 8.42 Å². The van der Waals surface area contributed by atoms with Crippen molar-refractivity contribution >= 4 is 21.4 Å². The number of rotatable bonds is 3. The van der Waals surface area contributed by atoms with E-state index in [0.717, 1.165) is 6.07 Å². The minimum absolute atomic E-state index is 0.0821. The van der Waals surface area contributed by atoms with Gasteiger partial charge in [-0.15, -0.1) is 0 Å². The van der Waals surface area contributed by atoms with Crippen LogP contribution in [-0.4, -0.2) is 41.9 Å². The fourth-order valence-electron chi connectivity index (χ4n) is 2.30. The highest BCUT2D eigenvalue weighted by Gasteiger charge is 2.33. The van der Waals surface area contributed by atoms with Gasteiger partial charge in [0.25, 0.3) is 5.69 Å². The number of nitro groups is 1. The van der Waals surface area contributed by atoms with Crippen molar-refractivity contribution in [2.24, 2.45) is 5.92 Å². The van der Waals surface area contributed by atoms with Crippen LogP contribution in [0.5, 0.6) is 0 Å². The number of anilines is 1. The zero-order valence-electron chi connectivity index (χ0n) is 11.5. The molecule has 0 bridgehead atoms. The molecule has 21 heavy (non-hydrogen) atoms. The molecule has 0 amide bonds. The van der Waals surface area contributed by atoms with E-state index in [-0.39, 0.29) is 29.6 Å². The molecule has 2 rings (SSSR count). The molecule has 1 aliphatic rings. The number of aliphatic hydroxyl groups excluding tert-OH is 1. The standard InChI is InChI=1S/C12H17N3O5S/c1-8-7-14(5-4-12(8)16)21(19,20)9-2-3-10(13)11(6-9)15(17)18/h2-3,6,8,12,16H,4-5,7,13H2,1H3. The predicted octanol–water partition coefficient (Wildman–Crippen LogP) is 0.568. The summed E-state index contributed by atoms with van der Waals surface area (Å²) in [7, 11) is -3.83. The highest BCUT2D eigenvalue weighted by atomic mass is 32.2. The molecule has 8 nitrogen and oxygen atoms in total. The first kappa shape index (κ1) is 15.7. The molecule has 0 spiro atoms. The van der Waals surface area contributed by atoms with E-state index in [1.165, 1.54) is 16.4 Å². The molecule has 1 aromatic carbocycles. The highest BCUT2D eigenvalue weighted by molar-refractivity contribution is 7.89. The summed E-state index contributed by atoms with van der Waals surface area (Å²) < 4.78 is 26.2. The Labute approximate surface area is 122 Å². The topological polar surface area (TPSA) is 127 Å². The second-order valence-electron chi connectivity index (χ2n) is 5.17. The third-order valence-electron chi connectivity index (χ3n) is 3.66. The average molecular weight is 315 g/mol. The third kappa shape index (κ3) is 2.99. The molecule has 0 saturated carbocycles. The number of nitrogen functional groups attached to an aromatic ring is 1. The van der Waals surface area contributed by atoms with E-state index in [1.54, 1.807) is 6.92 Å². The highest BCUT2D eigenvalue weighted by Crippen LogP contribution is 2.29. The van der Waals surface area contributed by atoms with Crippen molar-refractivity contribution in [1.82, 2.24) is 4.31 Å². The molecule has 0 aromatic heterocycles. The second-order valence-corrected chi connectivity index (χ2v) is 7.11. The molecule has 0 aliphatic carbocycles. The third-order valence-corrected chi connectivity index (χ3v) is 5.52. The van der Waals surface area contributed by atoms with E-state index in [2.05, 4.69) is 0 Å². The van der Waals surface area contributed by atoms with E-state index >= 15 is 0 Å². The number of piperidine rings is 1. The monoisotopic (exact) mass is 315 g/mol. The lowest BCUT2D eigenvalue weighted by atomic mass is 9.99. The van der Waals surface area contributed by atoms with Crippen molar-refractivity contribution in [3.63, 3.8) is 0 Å². The first-order valence-corrected chi connectivity index (χ1v) is 7.89. The number of benzene rings is 1. The maximum Gasteiger partial charge on any atom is 0.293 e. The fourth-order valence-corrected chi connectivity index (χ4v) is 3.88. The average Bonchev–Trinajstić information content (AvgIpc) is 2.41. The summed E-state index contributed by atoms with van der Waals surface area (Å²) in [4.78, 5) is 9.98. The summed E-state index contributed by atoms with van der Waals surface area (Å²) >= 11 is 0. The number of nitrogens with zero attached hydrogens (tertiary/aromatic N) is 2. The molecule has 1 saturated heterocycles. The van der Waals surface area contributed by atoms with Gasteiger partial charge in [0.1, 0.15) is 5.69 Å². The Balaban J connectivity index is 2.36. The van der Waals surface area contributed by atoms with Crippen LogP contribution in [-0.2, 0) is 10.0 Å². The Kier molecular flexibility index (Phi) is 4.17. The Morgan fingerprint density at radius 3 is 2.71 bits per heavy atom. The number of sulfonamides is 1. The second kappa shape index (κ2) is 5.58. The molecule has 2 unspecified atom stereocenters. The lowest BCUT2D eigenvalue weighted by molar-refractivity contribution is -0.384. The fraction of sp³-hybridized carbons (Fsp3) is 0.500. The lowest BCUT2D eigenvalue weighted by Crippen LogP contribution is -2.44. The summed E-state index contributed by atoms with van der Waals surface area (Å²) in [5.74, 6) is -0.183. The van der Waals surface area contributed by atoms with Crippen LogP contribution in [0.3, 0.4) is 0 Å². The first-order chi connectivity index (χ1) is 9.73. The summed E-state index contributed by atoms with van der Waals surface area (Å²) in [6, 6.07) is 3.45. The van der Waals surface area contributed by atoms with E-state index < -0.39 is 26.7 Å². The van der Waals surface area contributed by atoms with Gasteiger partial charge >= 0.3 is 0 Å². The van der Waals surface area contributed by atoms with Gasteiger partial charge < -0.3 is 10.8 Å². The molecular formula is C12H17N3O5S. The van der Waals surface area contributed by atoms with Gasteiger partial charge in [0.05, 0.1) is 15.9 Å². The summed E-state index contributed by atoms with van der Waals surface area (Å²) in [6.45, 7) is 2.13. The molecule has 9 heteroatoms. The van der Waals surface area contributed by atoms with Crippen molar-refractivity contribution in [3.05, 3.63) is 28.3 Å². The van der Waals surface area contributed by atoms with Gasteiger partial charge in [-0.1, -0.05) is 6.92 Å². The number of hydrogen-bond donors (Lipinski definition) is 2. The SMILES string of the molecule is CC1CN(S(=O)(=O)c2ccc(N)c([N+](=O)[O-])c2)CCC1O. The molecule has 2 atom stereocenters. The van der Waals surface area contributed by atoms with Crippen LogP contribution in [0.4, 0.5) is 11.4 Å². The van der Waals surface area contributed by atoms with Crippen molar-refractivity contribution in [3.8, 4) is 0 Å². The van der Waals surface area contributed by atoms with Crippen LogP contribution < -0.4 is 5.73 Å². The zero-order chi connectivity index (χ0) is 15.8. The summed E-state index contributed by atoms with van der Waals surface area (Å²) in [5.41, 5.74) is 4.96. The van der Waals surface area contributed by atoms with Crippen LogP contribution in [0.15, 0.2) is 23.1 Å². The smallest absolute Gasteiger partial charge is 0.293 e. The molecule has 3 N–H and O–H groups in total. The number of nitrogens with two attached hydrogens (primary N) is 1. The largest absolute Gasteiger partial charge is 0.393 e. The quantitative estimate of drug-likeness (QED) is 0.477. The van der Waals surface area contributed by atoms with Gasteiger partial charge in [-0.05, 0) is 24.5 Å². The van der Waals surface area contributed by atoms with Gasteiger partial charge in [0.2, 0.25) is 10.0 Å². The van der Waals surface area contributed by atoms with Crippen molar-refractivity contribution in [1.29, 1.82) is 0 Å². The normalized spacial score (nSPS) is 23.9. The van der Waals surface area contributed by atoms with Crippen LogP contribution in [0.1, 0.15) is 13.3 Å². The minimum Gasteiger partial charge on any atom is -0.393 e. The van der Waals surface area contributed by atoms with Crippen LogP contribution >= 0.6 is 0 Å². The summed E-state index contributed by atoms with van der Waals surface area (Å²) in [5, 5.41) is 20.5. The van der Waals surface area contributed by atoms with E-state index in [0.29, 0.717) is 6.42 Å². The van der Waals surface area contributed by atoms with Gasteiger partial charge in [-0.3, -0.25) is 10.1 Å². The first-order valence-electron chi connectivity index (χ1n) is 6.45. The van der Waals surface area contributed by atoms with Gasteiger partial charge in [-0.2, -0.15) is 4.31 Å². The van der Waals surface area contributed by atoms with Gasteiger partial charge in [0, 0.05) is 19.2 Å². The van der Waals surface area contributed by atoms with Crippen molar-refractivity contribution in [2.75, 3.05) is 18.8 Å². The Morgan fingerprint density at radius 2 is 2.14 bits per heavy atom. The number of hydrogen-bond acceptors (Lipinski definition) is 6. The zero-order valence-corrected chi connectivity index (χ0v) is 12.3. The number of nitro benzene ring substituents is 1. The molecule has 1 heterocycles. The van der Waals surface area contributed by atoms with E-state index in [4.69, 9.17) is 5.73 Å². The lowest BCUT2D eigenvalue weighted by Gasteiger charge is -2.33. The molecule has 1 fully saturated rings. The Morgan fingerprint density at radius 1 is 1.48 bits per heavy atom. The number of aliphatic hydroxyl groups is 1. The van der Waals surface area contributed by atoms with Crippen molar-refractivity contribution in [2.45, 2.75) is 24.3 Å². The van der Waals surface area contributed by atoms with Crippen LogP contribution in [0.25, 0.3) is 0 Å². The van der Waals surface area contributed by atoms with Crippen LogP contribution in [0, 0.1) is 16.0 Å². The molecule has 1 aliphatic heterocycles.